The van der Waals surface area contributed by atoms with E-state index in [-0.39, 0.29) is 0 Å². The van der Waals surface area contributed by atoms with E-state index in [1.807, 2.05) is 48.5 Å². The summed E-state index contributed by atoms with van der Waals surface area (Å²) in [4.78, 5) is 11.1. The van der Waals surface area contributed by atoms with Crippen LogP contribution in [0.1, 0.15) is 29.5 Å². The van der Waals surface area contributed by atoms with Crippen LogP contribution in [0, 0.1) is 0 Å². The van der Waals surface area contributed by atoms with Crippen molar-refractivity contribution in [2.24, 2.45) is 0 Å². The lowest BCUT2D eigenvalue weighted by Crippen LogP contribution is -2.10. The number of carboxylic acid groups (broad SMARTS) is 1. The maximum Gasteiger partial charge on any atom is 0.310 e. The Morgan fingerprint density at radius 3 is 2.32 bits per heavy atom. The van der Waals surface area contributed by atoms with Crippen molar-refractivity contribution in [2.75, 3.05) is 0 Å². The van der Waals surface area contributed by atoms with Gasteiger partial charge >= 0.3 is 5.97 Å². The van der Waals surface area contributed by atoms with Crippen LogP contribution < -0.4 is 0 Å². The highest BCUT2D eigenvalue weighted by Crippen LogP contribution is 2.25. The number of hydrogen-bond donors (Lipinski definition) is 1. The zero-order valence-corrected chi connectivity index (χ0v) is 11.4. The molecule has 0 aliphatic carbocycles. The lowest BCUT2D eigenvalue weighted by atomic mass is 9.92. The van der Waals surface area contributed by atoms with Crippen LogP contribution in [-0.2, 0) is 11.2 Å². The average Bonchev–Trinajstić information content (AvgIpc) is 2.41. The SMILES string of the molecule is CC(C(=O)O)c1ccccc1Cc1ccccc1Cl. The number of carbonyl (C=O) groups is 1. The highest BCUT2D eigenvalue weighted by Gasteiger charge is 2.17. The molecule has 2 nitrogen and oxygen atoms in total. The first-order valence-corrected chi connectivity index (χ1v) is 6.51. The van der Waals surface area contributed by atoms with E-state index in [0.717, 1.165) is 16.7 Å². The first-order valence-electron chi connectivity index (χ1n) is 6.13. The zero-order chi connectivity index (χ0) is 13.8. The Morgan fingerprint density at radius 2 is 1.68 bits per heavy atom. The first kappa shape index (κ1) is 13.6. The molecule has 0 aliphatic rings. The largest absolute Gasteiger partial charge is 0.481 e. The lowest BCUT2D eigenvalue weighted by molar-refractivity contribution is -0.138. The van der Waals surface area contributed by atoms with Crippen molar-refractivity contribution in [1.29, 1.82) is 0 Å². The Hall–Kier alpha value is -1.80. The molecule has 0 amide bonds. The Kier molecular flexibility index (Phi) is 4.23. The normalized spacial score (nSPS) is 12.1. The van der Waals surface area contributed by atoms with E-state index < -0.39 is 11.9 Å². The van der Waals surface area contributed by atoms with Crippen LogP contribution >= 0.6 is 11.6 Å². The van der Waals surface area contributed by atoms with Crippen molar-refractivity contribution in [3.05, 3.63) is 70.2 Å². The summed E-state index contributed by atoms with van der Waals surface area (Å²) in [6.07, 6.45) is 0.646. The molecule has 0 radical (unpaired) electrons. The van der Waals surface area contributed by atoms with Crippen molar-refractivity contribution >= 4 is 17.6 Å². The molecule has 0 saturated heterocycles. The molecule has 1 N–H and O–H groups in total. The smallest absolute Gasteiger partial charge is 0.310 e. The number of hydrogen-bond acceptors (Lipinski definition) is 1. The summed E-state index contributed by atoms with van der Waals surface area (Å²) in [6.45, 7) is 1.70. The van der Waals surface area contributed by atoms with Gasteiger partial charge in [0, 0.05) is 5.02 Å². The van der Waals surface area contributed by atoms with Crippen LogP contribution in [0.25, 0.3) is 0 Å². The summed E-state index contributed by atoms with van der Waals surface area (Å²) in [5.74, 6) is -1.33. The Labute approximate surface area is 117 Å². The molecule has 0 fully saturated rings. The van der Waals surface area contributed by atoms with E-state index >= 15 is 0 Å². The third-order valence-electron chi connectivity index (χ3n) is 3.23. The monoisotopic (exact) mass is 274 g/mol. The third-order valence-corrected chi connectivity index (χ3v) is 3.60. The number of aliphatic carboxylic acids is 1. The predicted octanol–water partition coefficient (Wildman–Crippen LogP) is 4.12. The molecular weight excluding hydrogens is 260 g/mol. The molecule has 2 aromatic carbocycles. The number of carboxylic acids is 1. The van der Waals surface area contributed by atoms with Crippen LogP contribution in [0.2, 0.25) is 5.02 Å². The first-order chi connectivity index (χ1) is 9.09. The second-order valence-corrected chi connectivity index (χ2v) is 4.93. The van der Waals surface area contributed by atoms with Gasteiger partial charge in [-0.1, -0.05) is 54.1 Å². The standard InChI is InChI=1S/C16H15ClO2/c1-11(16(18)19)14-8-4-2-6-12(14)10-13-7-3-5-9-15(13)17/h2-9,11H,10H2,1H3,(H,18,19). The van der Waals surface area contributed by atoms with E-state index in [4.69, 9.17) is 16.7 Å². The van der Waals surface area contributed by atoms with Crippen molar-refractivity contribution in [1.82, 2.24) is 0 Å². The minimum atomic E-state index is -0.813. The summed E-state index contributed by atoms with van der Waals surface area (Å²) in [7, 11) is 0. The maximum absolute atomic E-state index is 11.1. The molecule has 0 bridgehead atoms. The fourth-order valence-electron chi connectivity index (χ4n) is 2.10. The van der Waals surface area contributed by atoms with E-state index in [0.29, 0.717) is 11.4 Å². The summed E-state index contributed by atoms with van der Waals surface area (Å²) in [5.41, 5.74) is 2.86. The zero-order valence-electron chi connectivity index (χ0n) is 10.6. The summed E-state index contributed by atoms with van der Waals surface area (Å²) in [5, 5.41) is 9.86. The van der Waals surface area contributed by atoms with Crippen molar-refractivity contribution < 1.29 is 9.90 Å². The van der Waals surface area contributed by atoms with Crippen molar-refractivity contribution in [3.8, 4) is 0 Å². The van der Waals surface area contributed by atoms with Gasteiger partial charge in [0.1, 0.15) is 0 Å². The predicted molar refractivity (Wildman–Crippen MR) is 76.8 cm³/mol. The van der Waals surface area contributed by atoms with Gasteiger partial charge in [-0.3, -0.25) is 4.79 Å². The Balaban J connectivity index is 2.36. The molecular formula is C16H15ClO2. The molecule has 1 atom stereocenters. The third kappa shape index (κ3) is 3.15. The molecule has 0 aromatic heterocycles. The van der Waals surface area contributed by atoms with E-state index in [1.54, 1.807) is 6.92 Å². The van der Waals surface area contributed by atoms with Gasteiger partial charge in [-0.25, -0.2) is 0 Å². The number of benzene rings is 2. The topological polar surface area (TPSA) is 37.3 Å². The van der Waals surface area contributed by atoms with Gasteiger partial charge in [0.05, 0.1) is 5.92 Å². The summed E-state index contributed by atoms with van der Waals surface area (Å²) >= 11 is 6.15. The second-order valence-electron chi connectivity index (χ2n) is 4.53. The van der Waals surface area contributed by atoms with Gasteiger partial charge in [0.2, 0.25) is 0 Å². The summed E-state index contributed by atoms with van der Waals surface area (Å²) in [6, 6.07) is 15.2. The molecule has 3 heteroatoms. The van der Waals surface area contributed by atoms with Gasteiger partial charge in [-0.15, -0.1) is 0 Å². The van der Waals surface area contributed by atoms with Crippen molar-refractivity contribution in [3.63, 3.8) is 0 Å². The second kappa shape index (κ2) is 5.89. The van der Waals surface area contributed by atoms with Gasteiger partial charge < -0.3 is 5.11 Å². The molecule has 2 aromatic rings. The molecule has 0 saturated carbocycles. The number of halogens is 1. The maximum atomic E-state index is 11.1. The highest BCUT2D eigenvalue weighted by atomic mass is 35.5. The molecule has 0 heterocycles. The van der Waals surface area contributed by atoms with Crippen molar-refractivity contribution in [2.45, 2.75) is 19.3 Å². The Morgan fingerprint density at radius 1 is 1.11 bits per heavy atom. The Bertz CT molecular complexity index is 593. The van der Waals surface area contributed by atoms with Gasteiger partial charge in [0.25, 0.3) is 0 Å². The van der Waals surface area contributed by atoms with Crippen LogP contribution in [0.3, 0.4) is 0 Å². The van der Waals surface area contributed by atoms with Gasteiger partial charge in [0.15, 0.2) is 0 Å². The molecule has 0 spiro atoms. The van der Waals surface area contributed by atoms with E-state index in [9.17, 15) is 4.79 Å². The molecule has 19 heavy (non-hydrogen) atoms. The van der Waals surface area contributed by atoms with Crippen LogP contribution in [0.4, 0.5) is 0 Å². The highest BCUT2D eigenvalue weighted by molar-refractivity contribution is 6.31. The number of rotatable bonds is 4. The molecule has 98 valence electrons. The average molecular weight is 275 g/mol. The fraction of sp³-hybridized carbons (Fsp3) is 0.188. The van der Waals surface area contributed by atoms with E-state index in [2.05, 4.69) is 0 Å². The van der Waals surface area contributed by atoms with Crippen LogP contribution in [-0.4, -0.2) is 11.1 Å². The fourth-order valence-corrected chi connectivity index (χ4v) is 2.30. The minimum Gasteiger partial charge on any atom is -0.481 e. The van der Waals surface area contributed by atoms with Gasteiger partial charge in [-0.05, 0) is 36.1 Å². The molecule has 2 rings (SSSR count). The van der Waals surface area contributed by atoms with Gasteiger partial charge in [-0.2, -0.15) is 0 Å². The van der Waals surface area contributed by atoms with Crippen LogP contribution in [0.5, 0.6) is 0 Å². The summed E-state index contributed by atoms with van der Waals surface area (Å²) < 4.78 is 0. The molecule has 1 unspecified atom stereocenters. The minimum absolute atomic E-state index is 0.515. The lowest BCUT2D eigenvalue weighted by Gasteiger charge is -2.13. The quantitative estimate of drug-likeness (QED) is 0.911. The van der Waals surface area contributed by atoms with E-state index in [1.165, 1.54) is 0 Å². The van der Waals surface area contributed by atoms with Crippen LogP contribution in [0.15, 0.2) is 48.5 Å². The molecule has 0 aliphatic heterocycles.